The molecular formula is C38H35N5O4S2. The molecule has 2 saturated heterocycles. The maximum atomic E-state index is 13.9. The zero-order valence-electron chi connectivity index (χ0n) is 27.0. The molecule has 11 heteroatoms. The number of hydrogen-bond acceptors (Lipinski definition) is 8. The molecule has 8 rings (SSSR count). The Bertz CT molecular complexity index is 2040. The molecular weight excluding hydrogens is 655 g/mol. The van der Waals surface area contributed by atoms with Crippen molar-refractivity contribution in [3.8, 4) is 9.75 Å². The minimum absolute atomic E-state index is 0.111. The van der Waals surface area contributed by atoms with E-state index < -0.39 is 0 Å². The largest absolute Gasteiger partial charge is 0.381 e. The summed E-state index contributed by atoms with van der Waals surface area (Å²) in [6.07, 6.45) is 4.52. The van der Waals surface area contributed by atoms with Crippen LogP contribution < -0.4 is 20.4 Å². The topological polar surface area (TPSA) is 104 Å². The smallest absolute Gasteiger partial charge is 0.265 e. The standard InChI is InChI=1S/C38H35N5O4S2/c1-24-19-29(34(39-21-24)42-22-38(23-42)13-16-47-17-14-38)35(44)40-28-9-7-25(8-10-28)37(46)43-15-11-26-20-31(36(45)41-27-5-3-2-4-6-27)49-32(26)33-30(43)12-18-48-33/h2-10,12,18-21H,11,13-17,22-23H2,1H3,(H,40,44)(H,41,45). The first-order valence-corrected chi connectivity index (χ1v) is 18.2. The molecule has 5 aromatic rings. The van der Waals surface area contributed by atoms with Gasteiger partial charge in [0.1, 0.15) is 5.82 Å². The minimum atomic E-state index is -0.225. The number of carbonyl (C=O) groups is 3. The van der Waals surface area contributed by atoms with E-state index in [2.05, 4.69) is 20.5 Å². The van der Waals surface area contributed by atoms with Gasteiger partial charge < -0.3 is 25.2 Å². The first-order chi connectivity index (χ1) is 23.9. The molecule has 2 fully saturated rings. The third kappa shape index (κ3) is 6.14. The van der Waals surface area contributed by atoms with Crippen molar-refractivity contribution in [1.82, 2.24) is 4.98 Å². The number of anilines is 4. The van der Waals surface area contributed by atoms with Gasteiger partial charge in [-0.2, -0.15) is 0 Å². The van der Waals surface area contributed by atoms with Gasteiger partial charge in [0, 0.05) is 61.4 Å². The van der Waals surface area contributed by atoms with E-state index in [1.807, 2.05) is 71.9 Å². The van der Waals surface area contributed by atoms with E-state index in [-0.39, 0.29) is 23.1 Å². The number of pyridine rings is 1. The van der Waals surface area contributed by atoms with Gasteiger partial charge in [-0.05, 0) is 97.3 Å². The highest BCUT2D eigenvalue weighted by atomic mass is 32.1. The fourth-order valence-corrected chi connectivity index (χ4v) is 9.14. The Kier molecular flexibility index (Phi) is 8.26. The Morgan fingerprint density at radius 3 is 2.39 bits per heavy atom. The second kappa shape index (κ2) is 12.9. The molecule has 0 aliphatic carbocycles. The van der Waals surface area contributed by atoms with Crippen molar-refractivity contribution in [2.75, 3.05) is 53.3 Å². The Labute approximate surface area is 292 Å². The van der Waals surface area contributed by atoms with E-state index in [1.54, 1.807) is 35.6 Å². The van der Waals surface area contributed by atoms with Gasteiger partial charge in [0.25, 0.3) is 17.7 Å². The maximum Gasteiger partial charge on any atom is 0.265 e. The van der Waals surface area contributed by atoms with Crippen molar-refractivity contribution in [2.45, 2.75) is 26.2 Å². The van der Waals surface area contributed by atoms with Crippen LogP contribution in [-0.2, 0) is 11.2 Å². The normalized spacial score (nSPS) is 16.3. The Morgan fingerprint density at radius 2 is 1.61 bits per heavy atom. The number of amides is 3. The molecule has 3 aliphatic heterocycles. The summed E-state index contributed by atoms with van der Waals surface area (Å²) in [5.74, 6) is 0.231. The lowest BCUT2D eigenvalue weighted by atomic mass is 9.73. The van der Waals surface area contributed by atoms with Gasteiger partial charge in [-0.25, -0.2) is 4.98 Å². The van der Waals surface area contributed by atoms with E-state index in [4.69, 9.17) is 4.74 Å². The number of thiophene rings is 2. The number of rotatable bonds is 6. The summed E-state index contributed by atoms with van der Waals surface area (Å²) in [5, 5.41) is 7.99. The summed E-state index contributed by atoms with van der Waals surface area (Å²) >= 11 is 3.03. The molecule has 49 heavy (non-hydrogen) atoms. The molecule has 0 bridgehead atoms. The molecule has 0 saturated carbocycles. The van der Waals surface area contributed by atoms with E-state index in [0.717, 1.165) is 71.4 Å². The maximum absolute atomic E-state index is 13.9. The minimum Gasteiger partial charge on any atom is -0.381 e. The van der Waals surface area contributed by atoms with Crippen molar-refractivity contribution in [3.05, 3.63) is 112 Å². The molecule has 3 amide bonds. The van der Waals surface area contributed by atoms with Crippen molar-refractivity contribution in [2.24, 2.45) is 5.41 Å². The zero-order valence-corrected chi connectivity index (χ0v) is 28.7. The second-order valence-corrected chi connectivity index (χ2v) is 15.0. The predicted octanol–water partition coefficient (Wildman–Crippen LogP) is 7.50. The Hall–Kier alpha value is -4.84. The number of fused-ring (bicyclic) bond motifs is 3. The molecule has 6 heterocycles. The molecule has 2 aromatic carbocycles. The molecule has 248 valence electrons. The van der Waals surface area contributed by atoms with Crippen LogP contribution in [0.5, 0.6) is 0 Å². The molecule has 3 aromatic heterocycles. The van der Waals surface area contributed by atoms with Crippen molar-refractivity contribution in [3.63, 3.8) is 0 Å². The summed E-state index contributed by atoms with van der Waals surface area (Å²) in [4.78, 5) is 51.8. The van der Waals surface area contributed by atoms with Gasteiger partial charge in [-0.3, -0.25) is 14.4 Å². The van der Waals surface area contributed by atoms with Crippen LogP contribution in [0.1, 0.15) is 54.4 Å². The van der Waals surface area contributed by atoms with E-state index in [1.165, 1.54) is 11.3 Å². The van der Waals surface area contributed by atoms with Gasteiger partial charge in [0.15, 0.2) is 0 Å². The van der Waals surface area contributed by atoms with Crippen LogP contribution in [0, 0.1) is 12.3 Å². The van der Waals surface area contributed by atoms with Gasteiger partial charge in [0.2, 0.25) is 0 Å². The molecule has 3 aliphatic rings. The van der Waals surface area contributed by atoms with Crippen LogP contribution in [-0.4, -0.2) is 55.6 Å². The molecule has 0 radical (unpaired) electrons. The molecule has 0 atom stereocenters. The van der Waals surface area contributed by atoms with Gasteiger partial charge >= 0.3 is 0 Å². The van der Waals surface area contributed by atoms with Crippen LogP contribution in [0.4, 0.5) is 22.9 Å². The summed E-state index contributed by atoms with van der Waals surface area (Å²) in [5.41, 5.74) is 5.51. The number of carbonyl (C=O) groups excluding carboxylic acids is 3. The fraction of sp³-hybridized carbons (Fsp3) is 0.263. The number of aryl methyl sites for hydroxylation is 1. The highest BCUT2D eigenvalue weighted by molar-refractivity contribution is 7.23. The third-order valence-corrected chi connectivity index (χ3v) is 11.8. The number of nitrogens with zero attached hydrogens (tertiary/aromatic N) is 3. The van der Waals surface area contributed by atoms with E-state index >= 15 is 0 Å². The third-order valence-electron chi connectivity index (χ3n) is 9.60. The average Bonchev–Trinajstić information content (AvgIpc) is 3.73. The van der Waals surface area contributed by atoms with Crippen molar-refractivity contribution < 1.29 is 19.1 Å². The lowest BCUT2D eigenvalue weighted by molar-refractivity contribution is -0.000511. The molecule has 9 nitrogen and oxygen atoms in total. The number of nitrogens with one attached hydrogen (secondary N) is 2. The van der Waals surface area contributed by atoms with Gasteiger partial charge in [-0.1, -0.05) is 18.2 Å². The summed E-state index contributed by atoms with van der Waals surface area (Å²) in [7, 11) is 0. The molecule has 1 spiro atoms. The zero-order chi connectivity index (χ0) is 33.5. The monoisotopic (exact) mass is 689 g/mol. The SMILES string of the molecule is Cc1cnc(N2CC3(CCOCC3)C2)c(C(=O)Nc2ccc(C(=O)N3CCc4cc(C(=O)Nc5ccccc5)sc4-c4sccc43)cc2)c1. The van der Waals surface area contributed by atoms with Crippen LogP contribution in [0.25, 0.3) is 9.75 Å². The number of ether oxygens (including phenoxy) is 1. The Morgan fingerprint density at radius 1 is 0.878 bits per heavy atom. The Balaban J connectivity index is 0.958. The first-order valence-electron chi connectivity index (χ1n) is 16.5. The van der Waals surface area contributed by atoms with Crippen LogP contribution >= 0.6 is 22.7 Å². The predicted molar refractivity (Wildman–Crippen MR) is 195 cm³/mol. The number of benzene rings is 2. The van der Waals surface area contributed by atoms with E-state index in [9.17, 15) is 14.4 Å². The summed E-state index contributed by atoms with van der Waals surface area (Å²) in [6, 6.07) is 22.3. The molecule has 2 N–H and O–H groups in total. The highest BCUT2D eigenvalue weighted by Gasteiger charge is 2.45. The van der Waals surface area contributed by atoms with Crippen LogP contribution in [0.15, 0.2) is 84.4 Å². The average molecular weight is 690 g/mol. The quantitative estimate of drug-likeness (QED) is 0.191. The summed E-state index contributed by atoms with van der Waals surface area (Å²) in [6.45, 7) is 5.76. The van der Waals surface area contributed by atoms with E-state index in [0.29, 0.717) is 40.5 Å². The lowest BCUT2D eigenvalue weighted by Gasteiger charge is -2.53. The van der Waals surface area contributed by atoms with Crippen LogP contribution in [0.3, 0.4) is 0 Å². The lowest BCUT2D eigenvalue weighted by Crippen LogP contribution is -2.59. The second-order valence-electron chi connectivity index (χ2n) is 13.0. The summed E-state index contributed by atoms with van der Waals surface area (Å²) < 4.78 is 5.56. The number of aromatic nitrogens is 1. The van der Waals surface area contributed by atoms with Crippen molar-refractivity contribution >= 4 is 63.3 Å². The van der Waals surface area contributed by atoms with Gasteiger partial charge in [-0.15, -0.1) is 22.7 Å². The van der Waals surface area contributed by atoms with Gasteiger partial charge in [0.05, 0.1) is 25.9 Å². The van der Waals surface area contributed by atoms with Crippen LogP contribution in [0.2, 0.25) is 0 Å². The number of hydrogen-bond donors (Lipinski definition) is 2. The van der Waals surface area contributed by atoms with Crippen molar-refractivity contribution in [1.29, 1.82) is 0 Å². The highest BCUT2D eigenvalue weighted by Crippen LogP contribution is 2.46. The molecule has 0 unspecified atom stereocenters. The number of para-hydroxylation sites is 1. The first kappa shape index (κ1) is 31.4. The fourth-order valence-electron chi connectivity index (χ4n) is 6.95.